The van der Waals surface area contributed by atoms with Gasteiger partial charge in [0.15, 0.2) is 11.7 Å². The van der Waals surface area contributed by atoms with E-state index >= 15 is 0 Å². The number of likely N-dealkylation sites (tertiary alicyclic amines) is 1. The van der Waals surface area contributed by atoms with Crippen LogP contribution < -0.4 is 5.32 Å². The molecular formula is C21H27N3O3. The molecule has 27 heavy (non-hydrogen) atoms. The lowest BCUT2D eigenvalue weighted by molar-refractivity contribution is -0.135. The highest BCUT2D eigenvalue weighted by Gasteiger charge is 2.27. The Balaban J connectivity index is 1.44. The molecule has 2 aromatic rings. The Bertz CT molecular complexity index is 749. The maximum Gasteiger partial charge on any atom is 0.223 e. The fourth-order valence-corrected chi connectivity index (χ4v) is 3.32. The minimum atomic E-state index is 0.0285. The van der Waals surface area contributed by atoms with Gasteiger partial charge in [0.05, 0.1) is 6.20 Å². The molecule has 1 aliphatic rings. The Morgan fingerprint density at radius 2 is 1.96 bits per heavy atom. The van der Waals surface area contributed by atoms with Gasteiger partial charge in [0, 0.05) is 44.0 Å². The summed E-state index contributed by atoms with van der Waals surface area (Å²) in [6.07, 6.45) is 4.98. The van der Waals surface area contributed by atoms with Crippen molar-refractivity contribution in [3.05, 3.63) is 42.4 Å². The SMILES string of the molecule is CCCNC(=O)C1CCN(C(=O)CCc2ncc(-c3ccccc3)o2)CC1. The van der Waals surface area contributed by atoms with Crippen LogP contribution in [0.4, 0.5) is 0 Å². The summed E-state index contributed by atoms with van der Waals surface area (Å²) in [7, 11) is 0. The number of benzene rings is 1. The average Bonchev–Trinajstić information content (AvgIpc) is 3.20. The van der Waals surface area contributed by atoms with Gasteiger partial charge >= 0.3 is 0 Å². The molecule has 144 valence electrons. The minimum absolute atomic E-state index is 0.0285. The number of nitrogens with one attached hydrogen (secondary N) is 1. The van der Waals surface area contributed by atoms with E-state index < -0.39 is 0 Å². The number of hydrogen-bond acceptors (Lipinski definition) is 4. The fourth-order valence-electron chi connectivity index (χ4n) is 3.32. The van der Waals surface area contributed by atoms with Crippen LogP contribution in [-0.4, -0.2) is 41.3 Å². The van der Waals surface area contributed by atoms with E-state index in [-0.39, 0.29) is 17.7 Å². The van der Waals surface area contributed by atoms with E-state index in [1.165, 1.54) is 0 Å². The maximum absolute atomic E-state index is 12.5. The molecule has 2 amide bonds. The fraction of sp³-hybridized carbons (Fsp3) is 0.476. The molecule has 1 saturated heterocycles. The number of carbonyl (C=O) groups excluding carboxylic acids is 2. The highest BCUT2D eigenvalue weighted by molar-refractivity contribution is 5.80. The van der Waals surface area contributed by atoms with Gasteiger partial charge in [0.1, 0.15) is 0 Å². The molecule has 0 bridgehead atoms. The summed E-state index contributed by atoms with van der Waals surface area (Å²) in [6.45, 7) is 4.05. The van der Waals surface area contributed by atoms with Gasteiger partial charge in [-0.3, -0.25) is 9.59 Å². The lowest BCUT2D eigenvalue weighted by atomic mass is 9.95. The Morgan fingerprint density at radius 3 is 2.67 bits per heavy atom. The first kappa shape index (κ1) is 19.1. The molecule has 0 spiro atoms. The molecule has 1 N–H and O–H groups in total. The average molecular weight is 369 g/mol. The molecule has 0 unspecified atom stereocenters. The number of amides is 2. The molecule has 1 aromatic heterocycles. The maximum atomic E-state index is 12.5. The standard InChI is InChI=1S/C21H27N3O3/c1-2-12-22-21(26)17-10-13-24(14-11-17)20(25)9-8-19-23-15-18(27-19)16-6-4-3-5-7-16/h3-7,15,17H,2,8-14H2,1H3,(H,22,26). The van der Waals surface area contributed by atoms with Crippen LogP contribution in [0.2, 0.25) is 0 Å². The van der Waals surface area contributed by atoms with Crippen molar-refractivity contribution in [2.75, 3.05) is 19.6 Å². The Hall–Kier alpha value is -2.63. The van der Waals surface area contributed by atoms with Crippen LogP contribution in [0.15, 0.2) is 40.9 Å². The molecule has 6 heteroatoms. The predicted molar refractivity (Wildman–Crippen MR) is 103 cm³/mol. The zero-order valence-electron chi connectivity index (χ0n) is 15.8. The molecule has 1 aromatic carbocycles. The van der Waals surface area contributed by atoms with E-state index in [2.05, 4.69) is 10.3 Å². The summed E-state index contributed by atoms with van der Waals surface area (Å²) >= 11 is 0. The van der Waals surface area contributed by atoms with Crippen molar-refractivity contribution < 1.29 is 14.0 Å². The van der Waals surface area contributed by atoms with Crippen LogP contribution in [0.25, 0.3) is 11.3 Å². The summed E-state index contributed by atoms with van der Waals surface area (Å²) in [5, 5.41) is 2.95. The summed E-state index contributed by atoms with van der Waals surface area (Å²) in [5.41, 5.74) is 0.978. The van der Waals surface area contributed by atoms with Crippen LogP contribution in [0.5, 0.6) is 0 Å². The third-order valence-corrected chi connectivity index (χ3v) is 4.93. The normalized spacial score (nSPS) is 14.9. The summed E-state index contributed by atoms with van der Waals surface area (Å²) in [5.74, 6) is 1.55. The number of piperidine rings is 1. The van der Waals surface area contributed by atoms with E-state index in [4.69, 9.17) is 4.42 Å². The predicted octanol–water partition coefficient (Wildman–Crippen LogP) is 3.04. The van der Waals surface area contributed by atoms with Crippen molar-refractivity contribution >= 4 is 11.8 Å². The number of oxazole rings is 1. The van der Waals surface area contributed by atoms with Crippen LogP contribution in [0, 0.1) is 5.92 Å². The molecule has 0 saturated carbocycles. The van der Waals surface area contributed by atoms with E-state index in [9.17, 15) is 9.59 Å². The molecule has 0 radical (unpaired) electrons. The Morgan fingerprint density at radius 1 is 1.22 bits per heavy atom. The van der Waals surface area contributed by atoms with Crippen molar-refractivity contribution in [2.45, 2.75) is 39.0 Å². The zero-order chi connectivity index (χ0) is 19.1. The monoisotopic (exact) mass is 369 g/mol. The van der Waals surface area contributed by atoms with Crippen LogP contribution in [0.3, 0.4) is 0 Å². The van der Waals surface area contributed by atoms with Gasteiger partial charge in [0.25, 0.3) is 0 Å². The summed E-state index contributed by atoms with van der Waals surface area (Å²) < 4.78 is 5.76. The smallest absolute Gasteiger partial charge is 0.223 e. The van der Waals surface area contributed by atoms with Gasteiger partial charge in [-0.2, -0.15) is 0 Å². The second kappa shape index (κ2) is 9.35. The first-order chi connectivity index (χ1) is 13.2. The molecule has 2 heterocycles. The lowest BCUT2D eigenvalue weighted by Gasteiger charge is -2.31. The second-order valence-electron chi connectivity index (χ2n) is 6.93. The van der Waals surface area contributed by atoms with Gasteiger partial charge < -0.3 is 14.6 Å². The zero-order valence-corrected chi connectivity index (χ0v) is 15.8. The number of hydrogen-bond donors (Lipinski definition) is 1. The van der Waals surface area contributed by atoms with Gasteiger partial charge in [-0.05, 0) is 19.3 Å². The Labute approximate surface area is 160 Å². The van der Waals surface area contributed by atoms with Crippen molar-refractivity contribution in [1.82, 2.24) is 15.2 Å². The van der Waals surface area contributed by atoms with Gasteiger partial charge in [0.2, 0.25) is 11.8 Å². The molecule has 1 fully saturated rings. The highest BCUT2D eigenvalue weighted by atomic mass is 16.4. The van der Waals surface area contributed by atoms with E-state index in [0.717, 1.165) is 37.1 Å². The molecule has 1 aliphatic heterocycles. The largest absolute Gasteiger partial charge is 0.441 e. The summed E-state index contributed by atoms with van der Waals surface area (Å²) in [6, 6.07) is 9.79. The van der Waals surface area contributed by atoms with Crippen molar-refractivity contribution in [1.29, 1.82) is 0 Å². The first-order valence-corrected chi connectivity index (χ1v) is 9.73. The third kappa shape index (κ3) is 5.18. The van der Waals surface area contributed by atoms with Gasteiger partial charge in [-0.25, -0.2) is 4.98 Å². The van der Waals surface area contributed by atoms with Crippen LogP contribution in [0.1, 0.15) is 38.5 Å². The summed E-state index contributed by atoms with van der Waals surface area (Å²) in [4.78, 5) is 30.6. The van der Waals surface area contributed by atoms with E-state index in [1.807, 2.05) is 42.2 Å². The topological polar surface area (TPSA) is 75.4 Å². The lowest BCUT2D eigenvalue weighted by Crippen LogP contribution is -2.43. The van der Waals surface area contributed by atoms with Crippen molar-refractivity contribution in [3.8, 4) is 11.3 Å². The van der Waals surface area contributed by atoms with Gasteiger partial charge in [-0.1, -0.05) is 37.3 Å². The van der Waals surface area contributed by atoms with Crippen molar-refractivity contribution in [3.63, 3.8) is 0 Å². The quantitative estimate of drug-likeness (QED) is 0.814. The number of rotatable bonds is 7. The van der Waals surface area contributed by atoms with Crippen LogP contribution in [-0.2, 0) is 16.0 Å². The van der Waals surface area contributed by atoms with Crippen LogP contribution >= 0.6 is 0 Å². The molecule has 3 rings (SSSR count). The van der Waals surface area contributed by atoms with Gasteiger partial charge in [-0.15, -0.1) is 0 Å². The Kier molecular flexibility index (Phi) is 6.63. The van der Waals surface area contributed by atoms with E-state index in [0.29, 0.717) is 31.8 Å². The minimum Gasteiger partial charge on any atom is -0.441 e. The molecular weight excluding hydrogens is 342 g/mol. The number of nitrogens with zero attached hydrogens (tertiary/aromatic N) is 2. The van der Waals surface area contributed by atoms with E-state index in [1.54, 1.807) is 6.20 Å². The number of aryl methyl sites for hydroxylation is 1. The molecule has 0 atom stereocenters. The third-order valence-electron chi connectivity index (χ3n) is 4.93. The number of carbonyl (C=O) groups is 2. The van der Waals surface area contributed by atoms with Crippen molar-refractivity contribution in [2.24, 2.45) is 5.92 Å². The second-order valence-corrected chi connectivity index (χ2v) is 6.93. The molecule has 0 aliphatic carbocycles. The first-order valence-electron chi connectivity index (χ1n) is 9.73. The highest BCUT2D eigenvalue weighted by Crippen LogP contribution is 2.21. The molecule has 6 nitrogen and oxygen atoms in total. The number of aromatic nitrogens is 1.